The summed E-state index contributed by atoms with van der Waals surface area (Å²) in [4.78, 5) is 12.6. The first-order valence-corrected chi connectivity index (χ1v) is 9.17. The zero-order valence-corrected chi connectivity index (χ0v) is 16.1. The Bertz CT molecular complexity index is 935. The first-order chi connectivity index (χ1) is 12.9. The molecule has 0 atom stereocenters. The van der Waals surface area contributed by atoms with Crippen molar-refractivity contribution in [3.8, 4) is 0 Å². The third kappa shape index (κ3) is 4.95. The lowest BCUT2D eigenvalue weighted by Gasteiger charge is -2.24. The quantitative estimate of drug-likeness (QED) is 0.539. The van der Waals surface area contributed by atoms with Gasteiger partial charge in [0.05, 0.1) is 0 Å². The molecule has 2 nitrogen and oxygen atoms in total. The van der Waals surface area contributed by atoms with Crippen LogP contribution >= 0.6 is 0 Å². The number of hydrogen-bond acceptors (Lipinski definition) is 1. The van der Waals surface area contributed by atoms with Crippen molar-refractivity contribution in [2.45, 2.75) is 26.2 Å². The number of nitrogens with one attached hydrogen (secondary N) is 1. The van der Waals surface area contributed by atoms with Gasteiger partial charge in [-0.25, -0.2) is 0 Å². The van der Waals surface area contributed by atoms with Gasteiger partial charge in [-0.1, -0.05) is 87.5 Å². The second kappa shape index (κ2) is 8.05. The topological polar surface area (TPSA) is 29.1 Å². The van der Waals surface area contributed by atoms with Gasteiger partial charge in [0.1, 0.15) is 0 Å². The van der Waals surface area contributed by atoms with Crippen molar-refractivity contribution >= 4 is 23.7 Å². The molecule has 136 valence electrons. The average Bonchev–Trinajstić information content (AvgIpc) is 2.68. The minimum Gasteiger partial charge on any atom is -0.322 e. The molecule has 1 amide bonds. The highest BCUT2D eigenvalue weighted by molar-refractivity contribution is 6.04. The summed E-state index contributed by atoms with van der Waals surface area (Å²) in [5.41, 5.74) is 4.81. The Morgan fingerprint density at radius 1 is 0.778 bits per heavy atom. The molecule has 1 N–H and O–H groups in total. The predicted octanol–water partition coefficient (Wildman–Crippen LogP) is 6.41. The van der Waals surface area contributed by atoms with Crippen molar-refractivity contribution in [2.24, 2.45) is 0 Å². The third-order valence-electron chi connectivity index (χ3n) is 4.40. The minimum atomic E-state index is -0.0892. The molecule has 2 heteroatoms. The highest BCUT2D eigenvalue weighted by Gasteiger charge is 2.19. The summed E-state index contributed by atoms with van der Waals surface area (Å²) in [5.74, 6) is -0.0892. The summed E-state index contributed by atoms with van der Waals surface area (Å²) in [5, 5.41) is 3.07. The van der Waals surface area contributed by atoms with Crippen LogP contribution in [0.1, 0.15) is 47.8 Å². The maximum atomic E-state index is 12.6. The number of carbonyl (C=O) groups is 1. The van der Waals surface area contributed by atoms with Crippen LogP contribution in [-0.2, 0) is 5.41 Å². The Labute approximate surface area is 161 Å². The molecule has 0 heterocycles. The van der Waals surface area contributed by atoms with Gasteiger partial charge in [-0.2, -0.15) is 0 Å². The van der Waals surface area contributed by atoms with E-state index < -0.39 is 0 Å². The Kier molecular flexibility index (Phi) is 5.56. The van der Waals surface area contributed by atoms with Crippen molar-refractivity contribution in [1.82, 2.24) is 0 Å². The standard InChI is InChI=1S/C25H25NO/c1-25(2,3)22-18-20(15-14-19-10-6-4-7-11-19)16-17-23(22)26-24(27)21-12-8-5-9-13-21/h4-18H,1-3H3,(H,26,27). The van der Waals surface area contributed by atoms with Crippen LogP contribution in [-0.4, -0.2) is 5.91 Å². The van der Waals surface area contributed by atoms with Gasteiger partial charge >= 0.3 is 0 Å². The zero-order valence-electron chi connectivity index (χ0n) is 16.1. The maximum Gasteiger partial charge on any atom is 0.255 e. The highest BCUT2D eigenvalue weighted by Crippen LogP contribution is 2.31. The number of anilines is 1. The second-order valence-corrected chi connectivity index (χ2v) is 7.62. The molecule has 0 saturated heterocycles. The van der Waals surface area contributed by atoms with E-state index in [4.69, 9.17) is 0 Å². The Hall–Kier alpha value is -3.13. The first kappa shape index (κ1) is 18.7. The van der Waals surface area contributed by atoms with Crippen LogP contribution in [0.3, 0.4) is 0 Å². The molecule has 0 aliphatic heterocycles. The van der Waals surface area contributed by atoms with E-state index in [2.05, 4.69) is 56.4 Å². The summed E-state index contributed by atoms with van der Waals surface area (Å²) in [6.45, 7) is 6.47. The van der Waals surface area contributed by atoms with Gasteiger partial charge in [-0.15, -0.1) is 0 Å². The second-order valence-electron chi connectivity index (χ2n) is 7.62. The molecule has 27 heavy (non-hydrogen) atoms. The van der Waals surface area contributed by atoms with Crippen molar-refractivity contribution in [3.63, 3.8) is 0 Å². The monoisotopic (exact) mass is 355 g/mol. The molecule has 3 aromatic carbocycles. The van der Waals surface area contributed by atoms with Crippen molar-refractivity contribution in [1.29, 1.82) is 0 Å². The molecule has 0 fully saturated rings. The predicted molar refractivity (Wildman–Crippen MR) is 115 cm³/mol. The van der Waals surface area contributed by atoms with E-state index in [0.717, 1.165) is 22.4 Å². The molecule has 0 radical (unpaired) electrons. The summed E-state index contributed by atoms with van der Waals surface area (Å²) in [7, 11) is 0. The summed E-state index contributed by atoms with van der Waals surface area (Å²) in [6, 6.07) is 25.7. The SMILES string of the molecule is CC(C)(C)c1cc(C=Cc2ccccc2)ccc1NC(=O)c1ccccc1. The molecule has 3 aromatic rings. The van der Waals surface area contributed by atoms with E-state index in [1.165, 1.54) is 0 Å². The smallest absolute Gasteiger partial charge is 0.255 e. The molecule has 0 aliphatic rings. The van der Waals surface area contributed by atoms with Crippen LogP contribution in [0.4, 0.5) is 5.69 Å². The molecule has 0 aliphatic carbocycles. The number of rotatable bonds is 4. The van der Waals surface area contributed by atoms with Gasteiger partial charge in [0, 0.05) is 11.3 Å². The first-order valence-electron chi connectivity index (χ1n) is 9.17. The minimum absolute atomic E-state index is 0.0874. The van der Waals surface area contributed by atoms with Crippen LogP contribution in [0.2, 0.25) is 0 Å². The Balaban J connectivity index is 1.88. The van der Waals surface area contributed by atoms with E-state index in [-0.39, 0.29) is 11.3 Å². The molecule has 0 aromatic heterocycles. The molecule has 0 saturated carbocycles. The Morgan fingerprint density at radius 2 is 1.37 bits per heavy atom. The van der Waals surface area contributed by atoms with E-state index >= 15 is 0 Å². The van der Waals surface area contributed by atoms with Gasteiger partial charge in [0.25, 0.3) is 5.91 Å². The third-order valence-corrected chi connectivity index (χ3v) is 4.40. The van der Waals surface area contributed by atoms with Crippen molar-refractivity contribution < 1.29 is 4.79 Å². The van der Waals surface area contributed by atoms with Crippen molar-refractivity contribution in [3.05, 3.63) is 101 Å². The van der Waals surface area contributed by atoms with E-state index in [1.807, 2.05) is 60.7 Å². The number of benzene rings is 3. The van der Waals surface area contributed by atoms with Gasteiger partial charge in [0.2, 0.25) is 0 Å². The lowest BCUT2D eigenvalue weighted by atomic mass is 9.84. The molecule has 3 rings (SSSR count). The normalized spacial score (nSPS) is 11.5. The highest BCUT2D eigenvalue weighted by atomic mass is 16.1. The Morgan fingerprint density at radius 3 is 2.00 bits per heavy atom. The van der Waals surface area contributed by atoms with E-state index in [9.17, 15) is 4.79 Å². The van der Waals surface area contributed by atoms with Crippen molar-refractivity contribution in [2.75, 3.05) is 5.32 Å². The average molecular weight is 355 g/mol. The number of amides is 1. The molecular weight excluding hydrogens is 330 g/mol. The lowest BCUT2D eigenvalue weighted by molar-refractivity contribution is 0.102. The molecule has 0 bridgehead atoms. The summed E-state index contributed by atoms with van der Waals surface area (Å²) >= 11 is 0. The van der Waals surface area contributed by atoms with Crippen LogP contribution in [0.5, 0.6) is 0 Å². The largest absolute Gasteiger partial charge is 0.322 e. The van der Waals surface area contributed by atoms with Crippen LogP contribution < -0.4 is 5.32 Å². The number of carbonyl (C=O) groups excluding carboxylic acids is 1. The number of hydrogen-bond donors (Lipinski definition) is 1. The van der Waals surface area contributed by atoms with Gasteiger partial charge in [-0.05, 0) is 46.4 Å². The van der Waals surface area contributed by atoms with Crippen LogP contribution in [0.25, 0.3) is 12.2 Å². The fourth-order valence-corrected chi connectivity index (χ4v) is 2.94. The maximum absolute atomic E-state index is 12.6. The summed E-state index contributed by atoms with van der Waals surface area (Å²) < 4.78 is 0. The zero-order chi connectivity index (χ0) is 19.3. The fourth-order valence-electron chi connectivity index (χ4n) is 2.94. The molecule has 0 unspecified atom stereocenters. The molecule has 0 spiro atoms. The molecular formula is C25H25NO. The van der Waals surface area contributed by atoms with Gasteiger partial charge in [-0.3, -0.25) is 4.79 Å². The van der Waals surface area contributed by atoms with Gasteiger partial charge in [0.15, 0.2) is 0 Å². The van der Waals surface area contributed by atoms with Crippen LogP contribution in [0, 0.1) is 0 Å². The van der Waals surface area contributed by atoms with E-state index in [0.29, 0.717) is 5.56 Å². The fraction of sp³-hybridized carbons (Fsp3) is 0.160. The summed E-state index contributed by atoms with van der Waals surface area (Å²) in [6.07, 6.45) is 4.21. The van der Waals surface area contributed by atoms with E-state index in [1.54, 1.807) is 0 Å². The lowest BCUT2D eigenvalue weighted by Crippen LogP contribution is -2.19. The van der Waals surface area contributed by atoms with Gasteiger partial charge < -0.3 is 5.32 Å². The van der Waals surface area contributed by atoms with Crippen LogP contribution in [0.15, 0.2) is 78.9 Å².